The summed E-state index contributed by atoms with van der Waals surface area (Å²) < 4.78 is 40.9. The summed E-state index contributed by atoms with van der Waals surface area (Å²) in [6, 6.07) is 19.0. The number of aliphatic hydroxyl groups is 1. The van der Waals surface area contributed by atoms with Gasteiger partial charge in [-0.15, -0.1) is 0 Å². The van der Waals surface area contributed by atoms with E-state index in [1.54, 1.807) is 35.0 Å². The molecule has 1 aliphatic heterocycles. The molecule has 1 atom stereocenters. The Kier molecular flexibility index (Phi) is 3.51. The Labute approximate surface area is 141 Å². The molecule has 2 aliphatic rings. The number of para-hydroxylation sites is 1. The fourth-order valence-electron chi connectivity index (χ4n) is 3.06. The molecule has 2 aromatic carbocycles. The van der Waals surface area contributed by atoms with Crippen molar-refractivity contribution in [2.24, 2.45) is 0 Å². The lowest BCUT2D eigenvalue weighted by Crippen LogP contribution is -2.20. The molecule has 1 heterocycles. The number of aromatic nitrogens is 2. The lowest BCUT2D eigenvalue weighted by molar-refractivity contribution is -0.206. The van der Waals surface area contributed by atoms with Gasteiger partial charge >= 0.3 is 6.18 Å². The van der Waals surface area contributed by atoms with E-state index >= 15 is 0 Å². The summed E-state index contributed by atoms with van der Waals surface area (Å²) in [5.41, 5.74) is 2.01. The summed E-state index contributed by atoms with van der Waals surface area (Å²) in [6.45, 7) is 0. The Bertz CT molecular complexity index is 1010. The van der Waals surface area contributed by atoms with Crippen LogP contribution in [0, 0.1) is 0 Å². The molecule has 2 aromatic rings. The zero-order chi connectivity index (χ0) is 17.6. The van der Waals surface area contributed by atoms with Crippen LogP contribution in [0.2, 0.25) is 0 Å². The molecule has 0 fully saturated rings. The fourth-order valence-corrected chi connectivity index (χ4v) is 3.06. The Balaban J connectivity index is 2.05. The van der Waals surface area contributed by atoms with Gasteiger partial charge in [0.2, 0.25) is 0 Å². The summed E-state index contributed by atoms with van der Waals surface area (Å²) in [5, 5.41) is 14.9. The molecule has 0 amide bonds. The molecule has 0 radical (unpaired) electrons. The number of nitrogens with zero attached hydrogens (tertiary/aromatic N) is 2. The van der Waals surface area contributed by atoms with E-state index in [9.17, 15) is 18.3 Å². The summed E-state index contributed by atoms with van der Waals surface area (Å²) in [4.78, 5) is 0. The number of halogens is 3. The van der Waals surface area contributed by atoms with Crippen molar-refractivity contribution in [3.8, 4) is 16.9 Å². The quantitative estimate of drug-likeness (QED) is 0.572. The molecule has 1 aliphatic carbocycles. The van der Waals surface area contributed by atoms with Crippen molar-refractivity contribution in [2.45, 2.75) is 12.3 Å². The van der Waals surface area contributed by atoms with E-state index in [4.69, 9.17) is 0 Å². The van der Waals surface area contributed by atoms with E-state index < -0.39 is 12.3 Å². The molecule has 1 N–H and O–H groups in total. The predicted octanol–water partition coefficient (Wildman–Crippen LogP) is 4.73. The smallest absolute Gasteiger partial charge is 0.379 e. The largest absolute Gasteiger partial charge is 0.418 e. The molecular weight excluding hydrogens is 329 g/mol. The van der Waals surface area contributed by atoms with Crippen LogP contribution in [0.25, 0.3) is 27.8 Å². The molecule has 0 unspecified atom stereocenters. The molecule has 0 aromatic heterocycles. The Morgan fingerprint density at radius 3 is 2.28 bits per heavy atom. The SMILES string of the molecule is O[C@H](c1ccc2n(-c3ccccc3)nc3ccccc3c1-2)C(F)(F)F. The van der Waals surface area contributed by atoms with Gasteiger partial charge in [0.05, 0.1) is 16.9 Å². The van der Waals surface area contributed by atoms with Crippen molar-refractivity contribution in [1.82, 2.24) is 9.78 Å². The van der Waals surface area contributed by atoms with Crippen LogP contribution in [0.5, 0.6) is 0 Å². The standard InChI is InChI=1S/C19H13F3N2O/c20-19(21,22)18(25)14-10-11-16-17(14)13-8-4-5-9-15(13)23-24(16)12-6-2-1-3-7-12/h1-11,18,25H/t18-/m1/s1. The molecule has 4 rings (SSSR count). The van der Waals surface area contributed by atoms with E-state index in [-0.39, 0.29) is 5.56 Å². The van der Waals surface area contributed by atoms with Gasteiger partial charge in [0, 0.05) is 10.9 Å². The minimum absolute atomic E-state index is 0.161. The summed E-state index contributed by atoms with van der Waals surface area (Å²) in [7, 11) is 0. The van der Waals surface area contributed by atoms with Crippen molar-refractivity contribution in [2.75, 3.05) is 0 Å². The molecular formula is C19H13F3N2O. The number of rotatable bonds is 2. The minimum Gasteiger partial charge on any atom is -0.379 e. The highest BCUT2D eigenvalue weighted by atomic mass is 19.4. The maximum Gasteiger partial charge on any atom is 0.418 e. The maximum absolute atomic E-state index is 13.1. The molecule has 0 spiro atoms. The van der Waals surface area contributed by atoms with Crippen LogP contribution in [-0.2, 0) is 0 Å². The normalized spacial score (nSPS) is 13.4. The summed E-state index contributed by atoms with van der Waals surface area (Å²) >= 11 is 0. The topological polar surface area (TPSA) is 38.0 Å². The average molecular weight is 342 g/mol. The number of aliphatic hydroxyl groups excluding tert-OH is 1. The first-order valence-electron chi connectivity index (χ1n) is 7.67. The Hall–Kier alpha value is -2.86. The second-order valence-corrected chi connectivity index (χ2v) is 5.76. The van der Waals surface area contributed by atoms with Crippen molar-refractivity contribution in [1.29, 1.82) is 0 Å². The van der Waals surface area contributed by atoms with E-state index in [1.165, 1.54) is 6.07 Å². The van der Waals surface area contributed by atoms with Gasteiger partial charge in [-0.2, -0.15) is 18.3 Å². The first-order chi connectivity index (χ1) is 12.0. The number of hydrogen-bond donors (Lipinski definition) is 1. The predicted molar refractivity (Wildman–Crippen MR) is 88.7 cm³/mol. The molecule has 0 saturated heterocycles. The minimum atomic E-state index is -4.73. The third-order valence-corrected chi connectivity index (χ3v) is 4.18. The van der Waals surface area contributed by atoms with Crippen LogP contribution in [-0.4, -0.2) is 21.1 Å². The van der Waals surface area contributed by atoms with Gasteiger partial charge < -0.3 is 5.11 Å². The van der Waals surface area contributed by atoms with Gasteiger partial charge in [-0.1, -0.05) is 42.5 Å². The van der Waals surface area contributed by atoms with E-state index in [0.29, 0.717) is 22.2 Å². The monoisotopic (exact) mass is 342 g/mol. The van der Waals surface area contributed by atoms with Crippen LogP contribution < -0.4 is 0 Å². The lowest BCUT2D eigenvalue weighted by atomic mass is 10.0. The molecule has 25 heavy (non-hydrogen) atoms. The highest BCUT2D eigenvalue weighted by molar-refractivity contribution is 5.97. The third kappa shape index (κ3) is 2.55. The van der Waals surface area contributed by atoms with Gasteiger partial charge in [-0.05, 0) is 29.8 Å². The third-order valence-electron chi connectivity index (χ3n) is 4.18. The number of benzene rings is 2. The zero-order valence-corrected chi connectivity index (χ0v) is 12.9. The lowest BCUT2D eigenvalue weighted by Gasteiger charge is -2.19. The molecule has 0 saturated carbocycles. The van der Waals surface area contributed by atoms with Crippen molar-refractivity contribution >= 4 is 10.9 Å². The van der Waals surface area contributed by atoms with Gasteiger partial charge in [-0.25, -0.2) is 4.68 Å². The zero-order valence-electron chi connectivity index (χ0n) is 12.9. The molecule has 3 nitrogen and oxygen atoms in total. The van der Waals surface area contributed by atoms with Gasteiger partial charge in [0.15, 0.2) is 6.10 Å². The fraction of sp³-hybridized carbons (Fsp3) is 0.105. The molecule has 126 valence electrons. The van der Waals surface area contributed by atoms with Crippen LogP contribution in [0.15, 0.2) is 66.7 Å². The first-order valence-corrected chi connectivity index (χ1v) is 7.67. The van der Waals surface area contributed by atoms with Crippen molar-refractivity contribution in [3.63, 3.8) is 0 Å². The highest BCUT2D eigenvalue weighted by Gasteiger charge is 2.41. The number of hydrogen-bond acceptors (Lipinski definition) is 2. The van der Waals surface area contributed by atoms with Crippen LogP contribution >= 0.6 is 0 Å². The van der Waals surface area contributed by atoms with Crippen molar-refractivity contribution in [3.05, 3.63) is 72.3 Å². The Morgan fingerprint density at radius 1 is 0.880 bits per heavy atom. The summed E-state index contributed by atoms with van der Waals surface area (Å²) in [6.07, 6.45) is -7.27. The summed E-state index contributed by atoms with van der Waals surface area (Å²) in [5.74, 6) is 0. The highest BCUT2D eigenvalue weighted by Crippen LogP contribution is 2.43. The van der Waals surface area contributed by atoms with Crippen LogP contribution in [0.4, 0.5) is 13.2 Å². The molecule has 0 bridgehead atoms. The van der Waals surface area contributed by atoms with Crippen LogP contribution in [0.1, 0.15) is 11.7 Å². The second-order valence-electron chi connectivity index (χ2n) is 5.76. The molecule has 6 heteroatoms. The first kappa shape index (κ1) is 15.7. The van der Waals surface area contributed by atoms with Crippen LogP contribution in [0.3, 0.4) is 0 Å². The maximum atomic E-state index is 13.1. The Morgan fingerprint density at radius 2 is 1.56 bits per heavy atom. The number of alkyl halides is 3. The van der Waals surface area contributed by atoms with E-state index in [2.05, 4.69) is 5.10 Å². The van der Waals surface area contributed by atoms with Gasteiger partial charge in [-0.3, -0.25) is 0 Å². The number of fused-ring (bicyclic) bond motifs is 3. The average Bonchev–Trinajstić information content (AvgIpc) is 3.05. The van der Waals surface area contributed by atoms with Gasteiger partial charge in [0.25, 0.3) is 0 Å². The van der Waals surface area contributed by atoms with Gasteiger partial charge in [0.1, 0.15) is 0 Å². The van der Waals surface area contributed by atoms with E-state index in [1.807, 2.05) is 30.3 Å². The van der Waals surface area contributed by atoms with E-state index in [0.717, 1.165) is 5.69 Å². The van der Waals surface area contributed by atoms with Crippen molar-refractivity contribution < 1.29 is 18.3 Å². The second kappa shape index (κ2) is 5.60.